The van der Waals surface area contributed by atoms with Crippen molar-refractivity contribution < 1.29 is 18.8 Å². The Kier molecular flexibility index (Phi) is 5.15. The second kappa shape index (κ2) is 7.35. The maximum absolute atomic E-state index is 12.5. The van der Waals surface area contributed by atoms with E-state index in [1.54, 1.807) is 11.1 Å². The van der Waals surface area contributed by atoms with Gasteiger partial charge in [-0.25, -0.2) is 9.78 Å². The van der Waals surface area contributed by atoms with Gasteiger partial charge < -0.3 is 14.0 Å². The van der Waals surface area contributed by atoms with E-state index in [0.717, 1.165) is 18.4 Å². The van der Waals surface area contributed by atoms with Crippen molar-refractivity contribution in [2.45, 2.75) is 52.2 Å². The Labute approximate surface area is 153 Å². The van der Waals surface area contributed by atoms with Crippen LogP contribution in [0.25, 0.3) is 11.3 Å². The predicted molar refractivity (Wildman–Crippen MR) is 95.8 cm³/mol. The van der Waals surface area contributed by atoms with Crippen molar-refractivity contribution in [2.75, 3.05) is 13.2 Å². The standard InChI is InChI=1S/C19H25N3O4/c1-5-24-17-13(8-6-10-20-17)14-12-16(26-21-14)15-9-7-11-22(15)18(23)25-19(2,3)4/h6,8,10,12,15H,5,7,9,11H2,1-4H3. The van der Waals surface area contributed by atoms with Crippen LogP contribution >= 0.6 is 0 Å². The van der Waals surface area contributed by atoms with E-state index in [9.17, 15) is 4.79 Å². The summed E-state index contributed by atoms with van der Waals surface area (Å²) in [5, 5.41) is 4.17. The molecule has 0 spiro atoms. The Morgan fingerprint density at radius 1 is 1.42 bits per heavy atom. The lowest BCUT2D eigenvalue weighted by Crippen LogP contribution is -2.36. The molecule has 26 heavy (non-hydrogen) atoms. The topological polar surface area (TPSA) is 77.7 Å². The van der Waals surface area contributed by atoms with Gasteiger partial charge in [0.05, 0.1) is 18.2 Å². The number of carbonyl (C=O) groups excluding carboxylic acids is 1. The highest BCUT2D eigenvalue weighted by atomic mass is 16.6. The van der Waals surface area contributed by atoms with Crippen LogP contribution in [-0.4, -0.2) is 39.9 Å². The Balaban J connectivity index is 1.82. The third kappa shape index (κ3) is 3.98. The average Bonchev–Trinajstić information content (AvgIpc) is 3.23. The number of hydrogen-bond donors (Lipinski definition) is 0. The van der Waals surface area contributed by atoms with Crippen molar-refractivity contribution in [3.63, 3.8) is 0 Å². The summed E-state index contributed by atoms with van der Waals surface area (Å²) in [5.41, 5.74) is 0.887. The van der Waals surface area contributed by atoms with Crippen LogP contribution in [0.3, 0.4) is 0 Å². The van der Waals surface area contributed by atoms with Crippen molar-refractivity contribution in [3.05, 3.63) is 30.2 Å². The first kappa shape index (κ1) is 18.2. The van der Waals surface area contributed by atoms with E-state index in [1.807, 2.05) is 45.9 Å². The molecular weight excluding hydrogens is 334 g/mol. The predicted octanol–water partition coefficient (Wildman–Crippen LogP) is 4.21. The van der Waals surface area contributed by atoms with Gasteiger partial charge in [-0.3, -0.25) is 4.90 Å². The molecule has 7 nitrogen and oxygen atoms in total. The molecule has 2 aromatic heterocycles. The van der Waals surface area contributed by atoms with Crippen LogP contribution < -0.4 is 4.74 Å². The minimum Gasteiger partial charge on any atom is -0.477 e. The molecule has 3 rings (SSSR count). The SMILES string of the molecule is CCOc1ncccc1-c1cc(C2CCCN2C(=O)OC(C)(C)C)on1. The molecule has 0 aromatic carbocycles. The molecule has 7 heteroatoms. The zero-order valence-electron chi connectivity index (χ0n) is 15.7. The summed E-state index contributed by atoms with van der Waals surface area (Å²) >= 11 is 0. The molecular formula is C19H25N3O4. The average molecular weight is 359 g/mol. The molecule has 0 aliphatic carbocycles. The molecule has 1 unspecified atom stereocenters. The molecule has 1 fully saturated rings. The van der Waals surface area contributed by atoms with Crippen LogP contribution in [0.2, 0.25) is 0 Å². The highest BCUT2D eigenvalue weighted by Gasteiger charge is 2.35. The molecule has 0 bridgehead atoms. The van der Waals surface area contributed by atoms with Crippen molar-refractivity contribution >= 4 is 6.09 Å². The van der Waals surface area contributed by atoms with E-state index in [2.05, 4.69) is 10.1 Å². The van der Waals surface area contributed by atoms with E-state index in [1.165, 1.54) is 0 Å². The summed E-state index contributed by atoms with van der Waals surface area (Å²) in [4.78, 5) is 18.4. The van der Waals surface area contributed by atoms with Crippen LogP contribution in [0.4, 0.5) is 4.79 Å². The molecule has 0 N–H and O–H groups in total. The smallest absolute Gasteiger partial charge is 0.410 e. The minimum atomic E-state index is -0.529. The lowest BCUT2D eigenvalue weighted by atomic mass is 10.1. The fourth-order valence-electron chi connectivity index (χ4n) is 3.01. The Bertz CT molecular complexity index is 766. The molecule has 1 aliphatic rings. The third-order valence-corrected chi connectivity index (χ3v) is 4.07. The summed E-state index contributed by atoms with van der Waals surface area (Å²) in [6, 6.07) is 5.40. The number of rotatable bonds is 4. The first-order chi connectivity index (χ1) is 12.4. The van der Waals surface area contributed by atoms with E-state index in [-0.39, 0.29) is 12.1 Å². The maximum Gasteiger partial charge on any atom is 0.410 e. The van der Waals surface area contributed by atoms with Gasteiger partial charge in [0.25, 0.3) is 0 Å². The lowest BCUT2D eigenvalue weighted by molar-refractivity contribution is 0.0204. The molecule has 1 amide bonds. The van der Waals surface area contributed by atoms with Gasteiger partial charge >= 0.3 is 6.09 Å². The van der Waals surface area contributed by atoms with Gasteiger partial charge in [-0.05, 0) is 52.7 Å². The van der Waals surface area contributed by atoms with Gasteiger partial charge in [0.15, 0.2) is 5.76 Å². The first-order valence-electron chi connectivity index (χ1n) is 8.93. The van der Waals surface area contributed by atoms with E-state index in [0.29, 0.717) is 30.5 Å². The molecule has 1 aliphatic heterocycles. The largest absolute Gasteiger partial charge is 0.477 e. The van der Waals surface area contributed by atoms with Gasteiger partial charge in [-0.15, -0.1) is 0 Å². The molecule has 0 radical (unpaired) electrons. The Morgan fingerprint density at radius 2 is 2.23 bits per heavy atom. The minimum absolute atomic E-state index is 0.168. The molecule has 140 valence electrons. The zero-order chi connectivity index (χ0) is 18.7. The molecule has 0 saturated carbocycles. The van der Waals surface area contributed by atoms with Crippen LogP contribution in [0, 0.1) is 0 Å². The maximum atomic E-state index is 12.5. The van der Waals surface area contributed by atoms with Crippen LogP contribution in [0.15, 0.2) is 28.9 Å². The monoisotopic (exact) mass is 359 g/mol. The first-order valence-corrected chi connectivity index (χ1v) is 8.93. The Morgan fingerprint density at radius 3 is 2.96 bits per heavy atom. The summed E-state index contributed by atoms with van der Waals surface area (Å²) in [6.45, 7) is 8.65. The van der Waals surface area contributed by atoms with Gasteiger partial charge in [0.1, 0.15) is 11.3 Å². The highest BCUT2D eigenvalue weighted by Crippen LogP contribution is 2.36. The number of hydrogen-bond acceptors (Lipinski definition) is 6. The summed E-state index contributed by atoms with van der Waals surface area (Å²) in [6.07, 6.45) is 3.07. The van der Waals surface area contributed by atoms with Crippen LogP contribution in [0.5, 0.6) is 5.88 Å². The number of carbonyl (C=O) groups is 1. The van der Waals surface area contributed by atoms with Gasteiger partial charge in [-0.1, -0.05) is 5.16 Å². The van der Waals surface area contributed by atoms with Gasteiger partial charge in [0.2, 0.25) is 5.88 Å². The van der Waals surface area contributed by atoms with Gasteiger partial charge in [0, 0.05) is 18.8 Å². The fourth-order valence-corrected chi connectivity index (χ4v) is 3.01. The van der Waals surface area contributed by atoms with E-state index >= 15 is 0 Å². The second-order valence-corrected chi connectivity index (χ2v) is 7.24. The van der Waals surface area contributed by atoms with Crippen LogP contribution in [0.1, 0.15) is 52.3 Å². The van der Waals surface area contributed by atoms with Gasteiger partial charge in [-0.2, -0.15) is 0 Å². The van der Waals surface area contributed by atoms with E-state index in [4.69, 9.17) is 14.0 Å². The normalized spacial score (nSPS) is 17.4. The number of ether oxygens (including phenoxy) is 2. The molecule has 2 aromatic rings. The summed E-state index contributed by atoms with van der Waals surface area (Å²) < 4.78 is 16.6. The third-order valence-electron chi connectivity index (χ3n) is 4.07. The molecule has 3 heterocycles. The summed E-state index contributed by atoms with van der Waals surface area (Å²) in [5.74, 6) is 1.17. The number of amides is 1. The number of pyridine rings is 1. The highest BCUT2D eigenvalue weighted by molar-refractivity contribution is 5.69. The van der Waals surface area contributed by atoms with E-state index < -0.39 is 5.60 Å². The number of likely N-dealkylation sites (tertiary alicyclic amines) is 1. The lowest BCUT2D eigenvalue weighted by Gasteiger charge is -2.27. The quantitative estimate of drug-likeness (QED) is 0.814. The number of nitrogens with zero attached hydrogens (tertiary/aromatic N) is 3. The Hall–Kier alpha value is -2.57. The van der Waals surface area contributed by atoms with Crippen molar-refractivity contribution in [1.82, 2.24) is 15.0 Å². The molecule has 1 atom stereocenters. The van der Waals surface area contributed by atoms with Crippen molar-refractivity contribution in [2.24, 2.45) is 0 Å². The zero-order valence-corrected chi connectivity index (χ0v) is 15.7. The number of aromatic nitrogens is 2. The fraction of sp³-hybridized carbons (Fsp3) is 0.526. The summed E-state index contributed by atoms with van der Waals surface area (Å²) in [7, 11) is 0. The van der Waals surface area contributed by atoms with Crippen LogP contribution in [-0.2, 0) is 4.74 Å². The second-order valence-electron chi connectivity index (χ2n) is 7.24. The van der Waals surface area contributed by atoms with Crippen molar-refractivity contribution in [3.8, 4) is 17.1 Å². The molecule has 1 saturated heterocycles. The van der Waals surface area contributed by atoms with Crippen molar-refractivity contribution in [1.29, 1.82) is 0 Å².